The van der Waals surface area contributed by atoms with Gasteiger partial charge in [-0.05, 0) is 25.1 Å². The average molecular weight is 299 g/mol. The molecule has 0 aliphatic rings. The molecule has 0 saturated carbocycles. The third-order valence-electron chi connectivity index (χ3n) is 3.12. The maximum absolute atomic E-state index is 5.66. The van der Waals surface area contributed by atoms with Crippen molar-refractivity contribution in [2.24, 2.45) is 0 Å². The third kappa shape index (κ3) is 3.15. The Morgan fingerprint density at radius 1 is 1.36 bits per heavy atom. The van der Waals surface area contributed by atoms with Crippen LogP contribution < -0.4 is 5.32 Å². The second kappa shape index (κ2) is 6.40. The van der Waals surface area contributed by atoms with E-state index in [0.717, 1.165) is 11.5 Å². The molecule has 7 heteroatoms. The summed E-state index contributed by atoms with van der Waals surface area (Å²) in [5, 5.41) is 7.43. The van der Waals surface area contributed by atoms with Crippen LogP contribution in [-0.4, -0.2) is 33.5 Å². The molecule has 1 atom stereocenters. The molecule has 0 fully saturated rings. The fourth-order valence-electron chi connectivity index (χ4n) is 2.12. The number of nitrogens with one attached hydrogen (secondary N) is 1. The molecule has 114 valence electrons. The number of nitrogens with zero attached hydrogens (tertiary/aromatic N) is 4. The summed E-state index contributed by atoms with van der Waals surface area (Å²) in [6.45, 7) is 2.37. The molecule has 7 nitrogen and oxygen atoms in total. The van der Waals surface area contributed by atoms with E-state index in [4.69, 9.17) is 9.15 Å². The van der Waals surface area contributed by atoms with E-state index in [1.807, 2.05) is 31.3 Å². The maximum atomic E-state index is 5.66. The monoisotopic (exact) mass is 299 g/mol. The molecule has 22 heavy (non-hydrogen) atoms. The summed E-state index contributed by atoms with van der Waals surface area (Å²) >= 11 is 0. The van der Waals surface area contributed by atoms with Gasteiger partial charge in [0.05, 0.1) is 19.0 Å². The quantitative estimate of drug-likeness (QED) is 0.753. The van der Waals surface area contributed by atoms with Crippen molar-refractivity contribution in [2.75, 3.05) is 19.0 Å². The van der Waals surface area contributed by atoms with Gasteiger partial charge in [0.25, 0.3) is 0 Å². The molecule has 3 heterocycles. The fraction of sp³-hybridized carbons (Fsp3) is 0.267. The highest BCUT2D eigenvalue weighted by Gasteiger charge is 2.16. The van der Waals surface area contributed by atoms with E-state index in [1.54, 1.807) is 30.4 Å². The van der Waals surface area contributed by atoms with Gasteiger partial charge >= 0.3 is 0 Å². The van der Waals surface area contributed by atoms with Crippen molar-refractivity contribution < 1.29 is 9.15 Å². The first kappa shape index (κ1) is 14.3. The van der Waals surface area contributed by atoms with Gasteiger partial charge in [0, 0.05) is 19.5 Å². The number of rotatable bonds is 6. The third-order valence-corrected chi connectivity index (χ3v) is 3.12. The predicted molar refractivity (Wildman–Crippen MR) is 80.8 cm³/mol. The van der Waals surface area contributed by atoms with Crippen molar-refractivity contribution >= 4 is 5.82 Å². The highest BCUT2D eigenvalue weighted by atomic mass is 16.5. The zero-order valence-electron chi connectivity index (χ0n) is 12.4. The maximum Gasteiger partial charge on any atom is 0.173 e. The Morgan fingerprint density at radius 2 is 2.27 bits per heavy atom. The molecule has 1 N–H and O–H groups in total. The van der Waals surface area contributed by atoms with Crippen molar-refractivity contribution in [3.63, 3.8) is 0 Å². The Balaban J connectivity index is 1.82. The van der Waals surface area contributed by atoms with E-state index in [9.17, 15) is 0 Å². The Kier molecular flexibility index (Phi) is 4.15. The topological polar surface area (TPSA) is 78.0 Å². The lowest BCUT2D eigenvalue weighted by Crippen LogP contribution is -2.17. The molecule has 0 amide bonds. The van der Waals surface area contributed by atoms with Crippen LogP contribution in [0.5, 0.6) is 0 Å². The van der Waals surface area contributed by atoms with Gasteiger partial charge in [-0.2, -0.15) is 5.10 Å². The van der Waals surface area contributed by atoms with Gasteiger partial charge in [-0.3, -0.25) is 4.98 Å². The SMILES string of the molecule is COC[C@H](Nc1cncc(-n2cccn2)n1)c1ccc(C)o1. The van der Waals surface area contributed by atoms with Crippen molar-refractivity contribution in [3.8, 4) is 5.82 Å². The zero-order valence-corrected chi connectivity index (χ0v) is 12.4. The number of hydrogen-bond acceptors (Lipinski definition) is 6. The lowest BCUT2D eigenvalue weighted by atomic mass is 10.2. The van der Waals surface area contributed by atoms with E-state index in [-0.39, 0.29) is 6.04 Å². The number of methoxy groups -OCH3 is 1. The summed E-state index contributed by atoms with van der Waals surface area (Å²) in [7, 11) is 1.65. The summed E-state index contributed by atoms with van der Waals surface area (Å²) in [4.78, 5) is 8.69. The largest absolute Gasteiger partial charge is 0.464 e. The van der Waals surface area contributed by atoms with E-state index in [1.165, 1.54) is 0 Å². The molecule has 0 radical (unpaired) electrons. The van der Waals surface area contributed by atoms with Crippen LogP contribution >= 0.6 is 0 Å². The summed E-state index contributed by atoms with van der Waals surface area (Å²) < 4.78 is 12.6. The number of hydrogen-bond donors (Lipinski definition) is 1. The van der Waals surface area contributed by atoms with Gasteiger partial charge in [0.2, 0.25) is 0 Å². The highest BCUT2D eigenvalue weighted by Crippen LogP contribution is 2.21. The molecular weight excluding hydrogens is 282 g/mol. The number of aryl methyl sites for hydroxylation is 1. The minimum atomic E-state index is -0.138. The first-order valence-corrected chi connectivity index (χ1v) is 6.90. The second-order valence-electron chi connectivity index (χ2n) is 4.81. The number of furan rings is 1. The first-order valence-electron chi connectivity index (χ1n) is 6.90. The molecule has 0 saturated heterocycles. The van der Waals surface area contributed by atoms with Crippen LogP contribution in [0, 0.1) is 6.92 Å². The van der Waals surface area contributed by atoms with Crippen LogP contribution in [-0.2, 0) is 4.74 Å². The number of aromatic nitrogens is 4. The predicted octanol–water partition coefficient (Wildman–Crippen LogP) is 2.36. The number of anilines is 1. The highest BCUT2D eigenvalue weighted by molar-refractivity contribution is 5.38. The summed E-state index contributed by atoms with van der Waals surface area (Å²) in [5.41, 5.74) is 0. The smallest absolute Gasteiger partial charge is 0.173 e. The molecular formula is C15H17N5O2. The van der Waals surface area contributed by atoms with Crippen molar-refractivity contribution in [1.82, 2.24) is 19.7 Å². The average Bonchev–Trinajstić information content (AvgIpc) is 3.18. The van der Waals surface area contributed by atoms with E-state index < -0.39 is 0 Å². The second-order valence-corrected chi connectivity index (χ2v) is 4.81. The molecule has 0 unspecified atom stereocenters. The summed E-state index contributed by atoms with van der Waals surface area (Å²) in [6, 6.07) is 5.55. The van der Waals surface area contributed by atoms with E-state index in [0.29, 0.717) is 18.2 Å². The first-order chi connectivity index (χ1) is 10.8. The molecule has 0 aromatic carbocycles. The van der Waals surface area contributed by atoms with Crippen molar-refractivity contribution in [1.29, 1.82) is 0 Å². The fourth-order valence-corrected chi connectivity index (χ4v) is 2.12. The van der Waals surface area contributed by atoms with Gasteiger partial charge in [-0.25, -0.2) is 9.67 Å². The molecule has 3 rings (SSSR count). The minimum Gasteiger partial charge on any atom is -0.464 e. The van der Waals surface area contributed by atoms with Crippen molar-refractivity contribution in [2.45, 2.75) is 13.0 Å². The van der Waals surface area contributed by atoms with Crippen LogP contribution in [0.15, 0.2) is 47.4 Å². The zero-order chi connectivity index (χ0) is 15.4. The van der Waals surface area contributed by atoms with Gasteiger partial charge in [-0.1, -0.05) is 0 Å². The van der Waals surface area contributed by atoms with Gasteiger partial charge in [0.15, 0.2) is 5.82 Å². The minimum absolute atomic E-state index is 0.138. The molecule has 0 spiro atoms. The molecule has 3 aromatic heterocycles. The lowest BCUT2D eigenvalue weighted by Gasteiger charge is -2.16. The van der Waals surface area contributed by atoms with E-state index >= 15 is 0 Å². The standard InChI is InChI=1S/C15H17N5O2/c1-11-4-5-13(22-11)12(10-21-2)18-14-8-16-9-15(19-14)20-7-3-6-17-20/h3-9,12H,10H2,1-2H3,(H,18,19)/t12-/m0/s1. The van der Waals surface area contributed by atoms with Gasteiger partial charge < -0.3 is 14.5 Å². The summed E-state index contributed by atoms with van der Waals surface area (Å²) in [5.74, 6) is 2.92. The van der Waals surface area contributed by atoms with Gasteiger partial charge in [-0.15, -0.1) is 0 Å². The lowest BCUT2D eigenvalue weighted by molar-refractivity contribution is 0.178. The Bertz CT molecular complexity index is 723. The van der Waals surface area contributed by atoms with Crippen LogP contribution in [0.4, 0.5) is 5.82 Å². The molecule has 0 aliphatic carbocycles. The van der Waals surface area contributed by atoms with E-state index in [2.05, 4.69) is 20.4 Å². The molecule has 3 aromatic rings. The Morgan fingerprint density at radius 3 is 2.95 bits per heavy atom. The molecule has 0 aliphatic heterocycles. The summed E-state index contributed by atoms with van der Waals surface area (Å²) in [6.07, 6.45) is 6.82. The van der Waals surface area contributed by atoms with Crippen LogP contribution in [0.1, 0.15) is 17.6 Å². The molecule has 0 bridgehead atoms. The number of ether oxygens (including phenoxy) is 1. The van der Waals surface area contributed by atoms with Crippen LogP contribution in [0.2, 0.25) is 0 Å². The van der Waals surface area contributed by atoms with Crippen molar-refractivity contribution in [3.05, 3.63) is 54.5 Å². The normalized spacial score (nSPS) is 12.3. The van der Waals surface area contributed by atoms with Gasteiger partial charge in [0.1, 0.15) is 23.4 Å². The Hall–Kier alpha value is -2.67. The Labute approximate surface area is 128 Å². The van der Waals surface area contributed by atoms with Crippen LogP contribution in [0.25, 0.3) is 5.82 Å². The van der Waals surface area contributed by atoms with Crippen LogP contribution in [0.3, 0.4) is 0 Å².